The summed E-state index contributed by atoms with van der Waals surface area (Å²) in [6.45, 7) is 0.762. The van der Waals surface area contributed by atoms with Crippen molar-refractivity contribution in [2.45, 2.75) is 24.9 Å². The first kappa shape index (κ1) is 11.8. The van der Waals surface area contributed by atoms with Crippen LogP contribution in [0.25, 0.3) is 10.9 Å². The van der Waals surface area contributed by atoms with Crippen LogP contribution >= 0.6 is 0 Å². The molecule has 2 atom stereocenters. The molecule has 2 unspecified atom stereocenters. The summed E-state index contributed by atoms with van der Waals surface area (Å²) in [5.74, 6) is 0. The largest absolute Gasteiger partial charge is 0.350 e. The van der Waals surface area contributed by atoms with Gasteiger partial charge in [-0.05, 0) is 31.5 Å². The number of fused-ring (bicyclic) bond motifs is 1. The van der Waals surface area contributed by atoms with E-state index in [2.05, 4.69) is 54.0 Å². The molecular formula is C15H21N3. The summed E-state index contributed by atoms with van der Waals surface area (Å²) in [6, 6.07) is 9.70. The SMILES string of the molecule is CN1C(CN)CCC1c1cn(C)c2ccccc12. The first-order valence-electron chi connectivity index (χ1n) is 6.68. The molecule has 0 aliphatic carbocycles. The second kappa shape index (κ2) is 4.41. The van der Waals surface area contributed by atoms with Crippen LogP contribution in [0.2, 0.25) is 0 Å². The fourth-order valence-corrected chi connectivity index (χ4v) is 3.31. The number of benzene rings is 1. The molecule has 1 fully saturated rings. The van der Waals surface area contributed by atoms with Crippen LogP contribution in [0, 0.1) is 0 Å². The maximum atomic E-state index is 5.84. The minimum absolute atomic E-state index is 0.518. The van der Waals surface area contributed by atoms with E-state index < -0.39 is 0 Å². The quantitative estimate of drug-likeness (QED) is 0.878. The number of para-hydroxylation sites is 1. The molecule has 1 aromatic carbocycles. The van der Waals surface area contributed by atoms with Crippen LogP contribution in [-0.2, 0) is 7.05 Å². The number of likely N-dealkylation sites (N-methyl/N-ethyl adjacent to an activating group) is 1. The lowest BCUT2D eigenvalue weighted by molar-refractivity contribution is 0.248. The fourth-order valence-electron chi connectivity index (χ4n) is 3.31. The Hall–Kier alpha value is -1.32. The van der Waals surface area contributed by atoms with Crippen LogP contribution in [0.15, 0.2) is 30.5 Å². The van der Waals surface area contributed by atoms with Crippen LogP contribution < -0.4 is 5.73 Å². The molecular weight excluding hydrogens is 222 g/mol. The third-order valence-corrected chi connectivity index (χ3v) is 4.40. The number of rotatable bonds is 2. The number of likely N-dealkylation sites (tertiary alicyclic amines) is 1. The first-order valence-corrected chi connectivity index (χ1v) is 6.68. The Morgan fingerprint density at radius 3 is 2.72 bits per heavy atom. The summed E-state index contributed by atoms with van der Waals surface area (Å²) in [7, 11) is 4.33. The molecule has 18 heavy (non-hydrogen) atoms. The fraction of sp³-hybridized carbons (Fsp3) is 0.467. The zero-order chi connectivity index (χ0) is 12.7. The Morgan fingerprint density at radius 1 is 1.22 bits per heavy atom. The number of hydrogen-bond acceptors (Lipinski definition) is 2. The van der Waals surface area contributed by atoms with Gasteiger partial charge in [-0.2, -0.15) is 0 Å². The normalized spacial score (nSPS) is 25.1. The van der Waals surface area contributed by atoms with Gasteiger partial charge in [-0.1, -0.05) is 18.2 Å². The highest BCUT2D eigenvalue weighted by molar-refractivity contribution is 5.84. The number of aryl methyl sites for hydroxylation is 1. The number of hydrogen-bond donors (Lipinski definition) is 1. The van der Waals surface area contributed by atoms with E-state index in [1.54, 1.807) is 0 Å². The van der Waals surface area contributed by atoms with Crippen LogP contribution in [0.1, 0.15) is 24.4 Å². The maximum absolute atomic E-state index is 5.84. The predicted octanol–water partition coefficient (Wildman–Crippen LogP) is 2.27. The van der Waals surface area contributed by atoms with Gasteiger partial charge in [0.1, 0.15) is 0 Å². The lowest BCUT2D eigenvalue weighted by atomic mass is 10.0. The molecule has 3 heteroatoms. The molecule has 1 saturated heterocycles. The molecule has 2 heterocycles. The number of aromatic nitrogens is 1. The van der Waals surface area contributed by atoms with Gasteiger partial charge in [0.05, 0.1) is 0 Å². The Morgan fingerprint density at radius 2 is 2.00 bits per heavy atom. The van der Waals surface area contributed by atoms with E-state index in [4.69, 9.17) is 5.73 Å². The van der Waals surface area contributed by atoms with Crippen molar-refractivity contribution in [1.82, 2.24) is 9.47 Å². The zero-order valence-electron chi connectivity index (χ0n) is 11.1. The van der Waals surface area contributed by atoms with Gasteiger partial charge >= 0.3 is 0 Å². The average Bonchev–Trinajstić information content (AvgIpc) is 2.91. The summed E-state index contributed by atoms with van der Waals surface area (Å²) in [5.41, 5.74) is 8.60. The van der Waals surface area contributed by atoms with Gasteiger partial charge in [0, 0.05) is 42.8 Å². The monoisotopic (exact) mass is 243 g/mol. The minimum atomic E-state index is 0.518. The van der Waals surface area contributed by atoms with Crippen LogP contribution in [0.3, 0.4) is 0 Å². The molecule has 1 aliphatic rings. The van der Waals surface area contributed by atoms with Crippen LogP contribution in [-0.4, -0.2) is 29.1 Å². The second-order valence-electron chi connectivity index (χ2n) is 5.36. The summed E-state index contributed by atoms with van der Waals surface area (Å²) in [4.78, 5) is 2.45. The molecule has 0 amide bonds. The number of nitrogens with two attached hydrogens (primary N) is 1. The van der Waals surface area contributed by atoms with E-state index >= 15 is 0 Å². The lowest BCUT2D eigenvalue weighted by Gasteiger charge is -2.24. The van der Waals surface area contributed by atoms with Gasteiger partial charge in [0.25, 0.3) is 0 Å². The Bertz CT molecular complexity index is 558. The van der Waals surface area contributed by atoms with Crippen molar-refractivity contribution in [2.75, 3.05) is 13.6 Å². The molecule has 1 aliphatic heterocycles. The van der Waals surface area contributed by atoms with Gasteiger partial charge in [-0.15, -0.1) is 0 Å². The van der Waals surface area contributed by atoms with Crippen molar-refractivity contribution in [3.05, 3.63) is 36.0 Å². The number of nitrogens with zero attached hydrogens (tertiary/aromatic N) is 2. The Balaban J connectivity index is 2.05. The van der Waals surface area contributed by atoms with Crippen molar-refractivity contribution in [1.29, 1.82) is 0 Å². The standard InChI is InChI=1S/C15H21N3/c1-17-10-13(12-5-3-4-6-14(12)17)15-8-7-11(9-16)18(15)2/h3-6,10-11,15H,7-9,16H2,1-2H3. The summed E-state index contributed by atoms with van der Waals surface area (Å²) < 4.78 is 2.23. The van der Waals surface area contributed by atoms with Crippen molar-refractivity contribution < 1.29 is 0 Å². The van der Waals surface area contributed by atoms with E-state index in [0.717, 1.165) is 6.54 Å². The Labute approximate surface area is 108 Å². The molecule has 0 saturated carbocycles. The Kier molecular flexibility index (Phi) is 2.88. The minimum Gasteiger partial charge on any atom is -0.350 e. The molecule has 1 aromatic heterocycles. The van der Waals surface area contributed by atoms with E-state index in [-0.39, 0.29) is 0 Å². The zero-order valence-corrected chi connectivity index (χ0v) is 11.1. The highest BCUT2D eigenvalue weighted by Gasteiger charge is 2.31. The van der Waals surface area contributed by atoms with Gasteiger partial charge in [-0.25, -0.2) is 0 Å². The van der Waals surface area contributed by atoms with Gasteiger partial charge < -0.3 is 10.3 Å². The molecule has 3 nitrogen and oxygen atoms in total. The topological polar surface area (TPSA) is 34.2 Å². The maximum Gasteiger partial charge on any atom is 0.0481 e. The second-order valence-corrected chi connectivity index (χ2v) is 5.36. The molecule has 2 N–H and O–H groups in total. The third kappa shape index (κ3) is 1.66. The van der Waals surface area contributed by atoms with Crippen molar-refractivity contribution in [3.8, 4) is 0 Å². The van der Waals surface area contributed by atoms with E-state index in [1.165, 1.54) is 29.3 Å². The molecule has 0 bridgehead atoms. The van der Waals surface area contributed by atoms with Gasteiger partial charge in [0.2, 0.25) is 0 Å². The highest BCUT2D eigenvalue weighted by atomic mass is 15.2. The van der Waals surface area contributed by atoms with E-state index in [1.807, 2.05) is 0 Å². The van der Waals surface area contributed by atoms with Crippen LogP contribution in [0.5, 0.6) is 0 Å². The molecule has 0 radical (unpaired) electrons. The predicted molar refractivity (Wildman–Crippen MR) is 75.5 cm³/mol. The smallest absolute Gasteiger partial charge is 0.0481 e. The third-order valence-electron chi connectivity index (χ3n) is 4.40. The molecule has 0 spiro atoms. The molecule has 96 valence electrons. The van der Waals surface area contributed by atoms with Crippen LogP contribution in [0.4, 0.5) is 0 Å². The van der Waals surface area contributed by atoms with Crippen molar-refractivity contribution in [3.63, 3.8) is 0 Å². The molecule has 2 aromatic rings. The first-order chi connectivity index (χ1) is 8.72. The van der Waals surface area contributed by atoms with E-state index in [0.29, 0.717) is 12.1 Å². The lowest BCUT2D eigenvalue weighted by Crippen LogP contribution is -2.33. The van der Waals surface area contributed by atoms with Gasteiger partial charge in [0.15, 0.2) is 0 Å². The van der Waals surface area contributed by atoms with E-state index in [9.17, 15) is 0 Å². The highest BCUT2D eigenvalue weighted by Crippen LogP contribution is 2.38. The van der Waals surface area contributed by atoms with Crippen molar-refractivity contribution in [2.24, 2.45) is 12.8 Å². The molecule has 3 rings (SSSR count). The van der Waals surface area contributed by atoms with Gasteiger partial charge in [-0.3, -0.25) is 4.90 Å². The summed E-state index contributed by atoms with van der Waals surface area (Å²) >= 11 is 0. The van der Waals surface area contributed by atoms with Crippen molar-refractivity contribution >= 4 is 10.9 Å². The summed E-state index contributed by atoms with van der Waals surface area (Å²) in [5, 5.41) is 1.38. The summed E-state index contributed by atoms with van der Waals surface area (Å²) in [6.07, 6.45) is 4.71. The average molecular weight is 243 g/mol.